The molecule has 2 rings (SSSR count). The molecule has 0 spiro atoms. The van der Waals surface area contributed by atoms with E-state index in [1.165, 1.54) is 12.1 Å². The molecule has 0 amide bonds. The maximum atomic E-state index is 13.1. The third-order valence-corrected chi connectivity index (χ3v) is 3.91. The minimum atomic E-state index is -0.637. The summed E-state index contributed by atoms with van der Waals surface area (Å²) < 4.78 is 18.4. The highest BCUT2D eigenvalue weighted by Gasteiger charge is 2.33. The molecular weight excluding hydrogens is 245 g/mol. The molecule has 1 aliphatic heterocycles. The molecule has 0 radical (unpaired) electrons. The van der Waals surface area contributed by atoms with Crippen LogP contribution < -0.4 is 4.74 Å². The van der Waals surface area contributed by atoms with Gasteiger partial charge in [0.05, 0.1) is 12.7 Å². The van der Waals surface area contributed by atoms with E-state index in [4.69, 9.17) is 4.74 Å². The van der Waals surface area contributed by atoms with E-state index in [-0.39, 0.29) is 5.82 Å². The van der Waals surface area contributed by atoms with Crippen LogP contribution in [0.3, 0.4) is 0 Å². The summed E-state index contributed by atoms with van der Waals surface area (Å²) in [6.07, 6.45) is 0.993. The number of aliphatic hydroxyl groups is 1. The smallest absolute Gasteiger partial charge is 0.126 e. The fourth-order valence-corrected chi connectivity index (χ4v) is 2.64. The van der Waals surface area contributed by atoms with Gasteiger partial charge in [0, 0.05) is 30.6 Å². The van der Waals surface area contributed by atoms with Gasteiger partial charge in [-0.1, -0.05) is 6.07 Å². The van der Waals surface area contributed by atoms with E-state index < -0.39 is 5.60 Å². The van der Waals surface area contributed by atoms with E-state index in [0.29, 0.717) is 11.7 Å². The molecule has 1 aliphatic rings. The van der Waals surface area contributed by atoms with E-state index >= 15 is 0 Å². The Balaban J connectivity index is 2.03. The van der Waals surface area contributed by atoms with Crippen LogP contribution in [0.15, 0.2) is 18.2 Å². The molecule has 1 unspecified atom stereocenters. The molecule has 1 aromatic rings. The van der Waals surface area contributed by atoms with Crippen LogP contribution in [-0.2, 0) is 6.54 Å². The van der Waals surface area contributed by atoms with Crippen molar-refractivity contribution in [2.24, 2.45) is 5.92 Å². The minimum absolute atomic E-state index is 0.281. The second-order valence-electron chi connectivity index (χ2n) is 5.83. The first-order valence-electron chi connectivity index (χ1n) is 6.67. The van der Waals surface area contributed by atoms with E-state index in [1.807, 2.05) is 13.8 Å². The lowest BCUT2D eigenvalue weighted by atomic mass is 9.90. The molecule has 1 saturated heterocycles. The van der Waals surface area contributed by atoms with Gasteiger partial charge in [0.25, 0.3) is 0 Å². The van der Waals surface area contributed by atoms with Gasteiger partial charge in [-0.2, -0.15) is 0 Å². The van der Waals surface area contributed by atoms with Gasteiger partial charge >= 0.3 is 0 Å². The monoisotopic (exact) mass is 267 g/mol. The van der Waals surface area contributed by atoms with Crippen LogP contribution in [0.1, 0.15) is 25.8 Å². The van der Waals surface area contributed by atoms with Crippen LogP contribution in [0, 0.1) is 11.7 Å². The summed E-state index contributed by atoms with van der Waals surface area (Å²) in [5, 5.41) is 10.0. The van der Waals surface area contributed by atoms with E-state index in [1.54, 1.807) is 13.2 Å². The summed E-state index contributed by atoms with van der Waals surface area (Å²) in [6.45, 7) is 6.27. The van der Waals surface area contributed by atoms with Crippen molar-refractivity contribution in [3.05, 3.63) is 29.6 Å². The second kappa shape index (κ2) is 5.47. The average Bonchev–Trinajstić information content (AvgIpc) is 2.79. The van der Waals surface area contributed by atoms with Crippen LogP contribution in [0.5, 0.6) is 5.75 Å². The van der Waals surface area contributed by atoms with Crippen LogP contribution >= 0.6 is 0 Å². The molecule has 1 atom stereocenters. The van der Waals surface area contributed by atoms with E-state index in [0.717, 1.165) is 31.6 Å². The quantitative estimate of drug-likeness (QED) is 0.909. The Morgan fingerprint density at radius 2 is 2.21 bits per heavy atom. The van der Waals surface area contributed by atoms with Gasteiger partial charge < -0.3 is 9.84 Å². The summed E-state index contributed by atoms with van der Waals surface area (Å²) in [6, 6.07) is 4.64. The Kier molecular flexibility index (Phi) is 4.11. The molecular formula is C15H22FNO2. The van der Waals surface area contributed by atoms with Gasteiger partial charge in [-0.05, 0) is 32.9 Å². The van der Waals surface area contributed by atoms with Gasteiger partial charge in [-0.15, -0.1) is 0 Å². The topological polar surface area (TPSA) is 32.7 Å². The highest BCUT2D eigenvalue weighted by Crippen LogP contribution is 2.29. The molecule has 1 fully saturated rings. The highest BCUT2D eigenvalue weighted by atomic mass is 19.1. The lowest BCUT2D eigenvalue weighted by Gasteiger charge is -2.25. The fraction of sp³-hybridized carbons (Fsp3) is 0.600. The van der Waals surface area contributed by atoms with Crippen LogP contribution in [0.25, 0.3) is 0 Å². The Morgan fingerprint density at radius 3 is 2.79 bits per heavy atom. The molecule has 0 aromatic heterocycles. The van der Waals surface area contributed by atoms with Crippen molar-refractivity contribution in [3.8, 4) is 5.75 Å². The number of halogens is 1. The molecule has 0 bridgehead atoms. The SMILES string of the molecule is COc1cc(F)ccc1CN1CCC(C(C)(C)O)C1. The van der Waals surface area contributed by atoms with E-state index in [2.05, 4.69) is 4.90 Å². The average molecular weight is 267 g/mol. The molecule has 0 saturated carbocycles. The Morgan fingerprint density at radius 1 is 1.47 bits per heavy atom. The zero-order valence-corrected chi connectivity index (χ0v) is 11.8. The lowest BCUT2D eigenvalue weighted by Crippen LogP contribution is -2.33. The molecule has 1 N–H and O–H groups in total. The fourth-order valence-electron chi connectivity index (χ4n) is 2.64. The van der Waals surface area contributed by atoms with Gasteiger partial charge in [0.15, 0.2) is 0 Å². The predicted molar refractivity (Wildman–Crippen MR) is 72.6 cm³/mol. The second-order valence-corrected chi connectivity index (χ2v) is 5.83. The van der Waals surface area contributed by atoms with Crippen molar-refractivity contribution in [3.63, 3.8) is 0 Å². The largest absolute Gasteiger partial charge is 0.496 e. The summed E-state index contributed by atoms with van der Waals surface area (Å²) in [7, 11) is 1.56. The number of nitrogens with zero attached hydrogens (tertiary/aromatic N) is 1. The molecule has 4 heteroatoms. The first kappa shape index (κ1) is 14.3. The molecule has 106 valence electrons. The maximum Gasteiger partial charge on any atom is 0.126 e. The van der Waals surface area contributed by atoms with Gasteiger partial charge in [0.2, 0.25) is 0 Å². The van der Waals surface area contributed by atoms with Crippen molar-refractivity contribution in [2.45, 2.75) is 32.4 Å². The summed E-state index contributed by atoms with van der Waals surface area (Å²) in [5.41, 5.74) is 0.349. The first-order valence-corrected chi connectivity index (χ1v) is 6.67. The predicted octanol–water partition coefficient (Wildman–Crippen LogP) is 2.43. The lowest BCUT2D eigenvalue weighted by molar-refractivity contribution is 0.0207. The van der Waals surface area contributed by atoms with Crippen molar-refractivity contribution in [2.75, 3.05) is 20.2 Å². The third-order valence-electron chi connectivity index (χ3n) is 3.91. The van der Waals surface area contributed by atoms with Gasteiger partial charge in [-0.25, -0.2) is 4.39 Å². The normalized spacial score (nSPS) is 20.8. The number of methoxy groups -OCH3 is 1. The Labute approximate surface area is 114 Å². The molecule has 0 aliphatic carbocycles. The van der Waals surface area contributed by atoms with Crippen LogP contribution in [0.4, 0.5) is 4.39 Å². The summed E-state index contributed by atoms with van der Waals surface area (Å²) >= 11 is 0. The Hall–Kier alpha value is -1.13. The molecule has 19 heavy (non-hydrogen) atoms. The number of hydrogen-bond acceptors (Lipinski definition) is 3. The number of rotatable bonds is 4. The highest BCUT2D eigenvalue weighted by molar-refractivity contribution is 5.34. The number of benzene rings is 1. The van der Waals surface area contributed by atoms with Crippen molar-refractivity contribution < 1.29 is 14.2 Å². The zero-order valence-electron chi connectivity index (χ0n) is 11.8. The van der Waals surface area contributed by atoms with Crippen molar-refractivity contribution >= 4 is 0 Å². The van der Waals surface area contributed by atoms with Gasteiger partial charge in [-0.3, -0.25) is 4.90 Å². The van der Waals surface area contributed by atoms with Crippen molar-refractivity contribution in [1.82, 2.24) is 4.90 Å². The van der Waals surface area contributed by atoms with Crippen molar-refractivity contribution in [1.29, 1.82) is 0 Å². The zero-order chi connectivity index (χ0) is 14.0. The Bertz CT molecular complexity index is 442. The minimum Gasteiger partial charge on any atom is -0.496 e. The number of ether oxygens (including phenoxy) is 1. The standard InChI is InChI=1S/C15H22FNO2/c1-15(2,18)12-6-7-17(10-12)9-11-4-5-13(16)8-14(11)19-3/h4-5,8,12,18H,6-7,9-10H2,1-3H3. The number of hydrogen-bond donors (Lipinski definition) is 1. The third kappa shape index (κ3) is 3.45. The molecule has 1 aromatic carbocycles. The summed E-state index contributed by atoms with van der Waals surface area (Å²) in [5.74, 6) is 0.599. The maximum absolute atomic E-state index is 13.1. The number of likely N-dealkylation sites (tertiary alicyclic amines) is 1. The first-order chi connectivity index (χ1) is 8.90. The summed E-state index contributed by atoms with van der Waals surface area (Å²) in [4.78, 5) is 2.28. The molecule has 3 nitrogen and oxygen atoms in total. The van der Waals surface area contributed by atoms with Crippen LogP contribution in [-0.4, -0.2) is 35.8 Å². The van der Waals surface area contributed by atoms with E-state index in [9.17, 15) is 9.50 Å². The molecule has 1 heterocycles. The van der Waals surface area contributed by atoms with Crippen LogP contribution in [0.2, 0.25) is 0 Å². The van der Waals surface area contributed by atoms with Gasteiger partial charge in [0.1, 0.15) is 11.6 Å².